The SMILES string of the molecule is Cc1cc(NC(=O)C=Cc2ccc(Cl)c(Cl)c2)no1. The second kappa shape index (κ2) is 5.91. The van der Waals surface area contributed by atoms with Gasteiger partial charge in [-0.15, -0.1) is 0 Å². The van der Waals surface area contributed by atoms with E-state index in [1.807, 2.05) is 0 Å². The Balaban J connectivity index is 2.01. The second-order valence-corrected chi connectivity index (χ2v) is 4.63. The van der Waals surface area contributed by atoms with Gasteiger partial charge in [0.25, 0.3) is 0 Å². The lowest BCUT2D eigenvalue weighted by molar-refractivity contribution is -0.111. The Kier molecular flexibility index (Phi) is 4.24. The summed E-state index contributed by atoms with van der Waals surface area (Å²) in [7, 11) is 0. The Morgan fingerprint density at radius 2 is 2.11 bits per heavy atom. The van der Waals surface area contributed by atoms with Crippen LogP contribution in [0.15, 0.2) is 34.9 Å². The summed E-state index contributed by atoms with van der Waals surface area (Å²) in [4.78, 5) is 11.6. The highest BCUT2D eigenvalue weighted by Gasteiger charge is 2.03. The molecular weight excluding hydrogens is 287 g/mol. The first-order valence-corrected chi connectivity index (χ1v) is 6.17. The van der Waals surface area contributed by atoms with E-state index < -0.39 is 0 Å². The van der Waals surface area contributed by atoms with Gasteiger partial charge in [-0.3, -0.25) is 4.79 Å². The standard InChI is InChI=1S/C13H10Cl2N2O2/c1-8-6-12(17-19-8)16-13(18)5-3-9-2-4-10(14)11(15)7-9/h2-7H,1H3,(H,16,17,18). The predicted octanol–water partition coefficient (Wildman–Crippen LogP) is 3.94. The van der Waals surface area contributed by atoms with Crippen LogP contribution in [-0.2, 0) is 4.79 Å². The highest BCUT2D eigenvalue weighted by atomic mass is 35.5. The molecule has 1 aromatic heterocycles. The molecule has 0 bridgehead atoms. The van der Waals surface area contributed by atoms with E-state index in [9.17, 15) is 4.79 Å². The lowest BCUT2D eigenvalue weighted by Crippen LogP contribution is -2.07. The van der Waals surface area contributed by atoms with Gasteiger partial charge in [-0.05, 0) is 30.7 Å². The zero-order valence-electron chi connectivity index (χ0n) is 9.98. The van der Waals surface area contributed by atoms with E-state index in [2.05, 4.69) is 10.5 Å². The zero-order chi connectivity index (χ0) is 13.8. The van der Waals surface area contributed by atoms with Crippen molar-refractivity contribution in [3.63, 3.8) is 0 Å². The fourth-order valence-electron chi connectivity index (χ4n) is 1.38. The van der Waals surface area contributed by atoms with Crippen molar-refractivity contribution in [2.45, 2.75) is 6.92 Å². The van der Waals surface area contributed by atoms with Crippen LogP contribution in [0.1, 0.15) is 11.3 Å². The van der Waals surface area contributed by atoms with E-state index >= 15 is 0 Å². The Bertz CT molecular complexity index is 635. The molecule has 19 heavy (non-hydrogen) atoms. The van der Waals surface area contributed by atoms with Crippen LogP contribution in [0.4, 0.5) is 5.82 Å². The molecular formula is C13H10Cl2N2O2. The van der Waals surface area contributed by atoms with E-state index in [1.54, 1.807) is 37.3 Å². The smallest absolute Gasteiger partial charge is 0.249 e. The van der Waals surface area contributed by atoms with E-state index in [-0.39, 0.29) is 5.91 Å². The topological polar surface area (TPSA) is 55.1 Å². The molecule has 0 aliphatic heterocycles. The summed E-state index contributed by atoms with van der Waals surface area (Å²) in [6, 6.07) is 6.74. The number of halogens is 2. The summed E-state index contributed by atoms with van der Waals surface area (Å²) in [6.07, 6.45) is 3.01. The molecule has 0 radical (unpaired) electrons. The van der Waals surface area contributed by atoms with E-state index in [4.69, 9.17) is 27.7 Å². The molecule has 0 saturated carbocycles. The van der Waals surface area contributed by atoms with Crippen LogP contribution in [0.3, 0.4) is 0 Å². The molecule has 0 spiro atoms. The highest BCUT2D eigenvalue weighted by Crippen LogP contribution is 2.23. The van der Waals surface area contributed by atoms with Crippen molar-refractivity contribution in [3.05, 3.63) is 51.7 Å². The minimum absolute atomic E-state index is 0.306. The molecule has 0 atom stereocenters. The third-order valence-corrected chi connectivity index (χ3v) is 2.99. The molecule has 2 aromatic rings. The molecule has 2 rings (SSSR count). The van der Waals surface area contributed by atoms with Crippen molar-refractivity contribution < 1.29 is 9.32 Å². The molecule has 0 fully saturated rings. The average molecular weight is 297 g/mol. The average Bonchev–Trinajstić information content (AvgIpc) is 2.76. The number of carbonyl (C=O) groups is 1. The van der Waals surface area contributed by atoms with E-state index in [1.165, 1.54) is 6.08 Å². The fraction of sp³-hybridized carbons (Fsp3) is 0.0769. The Labute approximate surface area is 120 Å². The molecule has 0 aliphatic carbocycles. The number of hydrogen-bond acceptors (Lipinski definition) is 3. The summed E-state index contributed by atoms with van der Waals surface area (Å²) < 4.78 is 4.84. The fourth-order valence-corrected chi connectivity index (χ4v) is 1.69. The highest BCUT2D eigenvalue weighted by molar-refractivity contribution is 6.42. The summed E-state index contributed by atoms with van der Waals surface area (Å²) in [6.45, 7) is 1.74. The number of anilines is 1. The van der Waals surface area contributed by atoms with Crippen molar-refractivity contribution in [1.29, 1.82) is 0 Å². The van der Waals surface area contributed by atoms with Crippen molar-refractivity contribution in [1.82, 2.24) is 5.16 Å². The number of hydrogen-bond donors (Lipinski definition) is 1. The lowest BCUT2D eigenvalue weighted by Gasteiger charge is -1.98. The van der Waals surface area contributed by atoms with Gasteiger partial charge >= 0.3 is 0 Å². The first-order valence-electron chi connectivity index (χ1n) is 5.42. The van der Waals surface area contributed by atoms with Crippen LogP contribution in [0.5, 0.6) is 0 Å². The number of aromatic nitrogens is 1. The van der Waals surface area contributed by atoms with Crippen molar-refractivity contribution in [3.8, 4) is 0 Å². The molecule has 1 heterocycles. The molecule has 0 aliphatic rings. The zero-order valence-corrected chi connectivity index (χ0v) is 11.5. The van der Waals surface area contributed by atoms with Crippen molar-refractivity contribution in [2.75, 3.05) is 5.32 Å². The van der Waals surface area contributed by atoms with Crippen LogP contribution in [-0.4, -0.2) is 11.1 Å². The summed E-state index contributed by atoms with van der Waals surface area (Å²) >= 11 is 11.7. The monoisotopic (exact) mass is 296 g/mol. The van der Waals surface area contributed by atoms with Gasteiger partial charge in [0.2, 0.25) is 5.91 Å². The van der Waals surface area contributed by atoms with Gasteiger partial charge in [0.05, 0.1) is 10.0 Å². The molecule has 6 heteroatoms. The first kappa shape index (κ1) is 13.6. The number of benzene rings is 1. The summed E-state index contributed by atoms with van der Waals surface area (Å²) in [5, 5.41) is 7.14. The Morgan fingerprint density at radius 1 is 1.32 bits per heavy atom. The van der Waals surface area contributed by atoms with Crippen LogP contribution < -0.4 is 5.32 Å². The maximum atomic E-state index is 11.6. The first-order chi connectivity index (χ1) is 9.04. The number of nitrogens with one attached hydrogen (secondary N) is 1. The summed E-state index contributed by atoms with van der Waals surface area (Å²) in [5.41, 5.74) is 0.779. The molecule has 0 saturated heterocycles. The number of carbonyl (C=O) groups excluding carboxylic acids is 1. The van der Waals surface area contributed by atoms with Crippen LogP contribution in [0, 0.1) is 6.92 Å². The van der Waals surface area contributed by atoms with Crippen LogP contribution in [0.2, 0.25) is 10.0 Å². The molecule has 4 nitrogen and oxygen atoms in total. The van der Waals surface area contributed by atoms with Gasteiger partial charge in [-0.25, -0.2) is 0 Å². The largest absolute Gasteiger partial charge is 0.360 e. The van der Waals surface area contributed by atoms with Gasteiger partial charge < -0.3 is 9.84 Å². The quantitative estimate of drug-likeness (QED) is 0.873. The summed E-state index contributed by atoms with van der Waals surface area (Å²) in [5.74, 6) is 0.699. The minimum Gasteiger partial charge on any atom is -0.360 e. The molecule has 1 amide bonds. The van der Waals surface area contributed by atoms with Crippen molar-refractivity contribution >= 4 is 41.0 Å². The van der Waals surface area contributed by atoms with E-state index in [0.29, 0.717) is 21.6 Å². The minimum atomic E-state index is -0.306. The maximum Gasteiger partial charge on any atom is 0.249 e. The lowest BCUT2D eigenvalue weighted by atomic mass is 10.2. The molecule has 1 N–H and O–H groups in total. The number of nitrogens with zero attached hydrogens (tertiary/aromatic N) is 1. The predicted molar refractivity (Wildman–Crippen MR) is 75.4 cm³/mol. The van der Waals surface area contributed by atoms with Gasteiger partial charge in [-0.1, -0.05) is 34.4 Å². The van der Waals surface area contributed by atoms with Gasteiger partial charge in [0.15, 0.2) is 5.82 Å². The molecule has 98 valence electrons. The third-order valence-electron chi connectivity index (χ3n) is 2.25. The molecule has 0 unspecified atom stereocenters. The second-order valence-electron chi connectivity index (χ2n) is 3.82. The third kappa shape index (κ3) is 3.84. The van der Waals surface area contributed by atoms with Gasteiger partial charge in [-0.2, -0.15) is 0 Å². The van der Waals surface area contributed by atoms with Crippen molar-refractivity contribution in [2.24, 2.45) is 0 Å². The van der Waals surface area contributed by atoms with Gasteiger partial charge in [0, 0.05) is 12.1 Å². The molecule has 1 aromatic carbocycles. The number of amides is 1. The number of aryl methyl sites for hydroxylation is 1. The maximum absolute atomic E-state index is 11.6. The Morgan fingerprint density at radius 3 is 2.74 bits per heavy atom. The van der Waals surface area contributed by atoms with Crippen LogP contribution in [0.25, 0.3) is 6.08 Å². The normalized spacial score (nSPS) is 10.9. The van der Waals surface area contributed by atoms with E-state index in [0.717, 1.165) is 5.56 Å². The van der Waals surface area contributed by atoms with Crippen LogP contribution >= 0.6 is 23.2 Å². The Hall–Kier alpha value is -1.78. The number of rotatable bonds is 3. The van der Waals surface area contributed by atoms with Gasteiger partial charge in [0.1, 0.15) is 5.76 Å².